The van der Waals surface area contributed by atoms with Crippen molar-refractivity contribution in [2.45, 2.75) is 33.7 Å². The number of halogens is 1. The Labute approximate surface area is 131 Å². The number of aromatic nitrogens is 2. The van der Waals surface area contributed by atoms with E-state index in [0.29, 0.717) is 12.5 Å². The maximum atomic E-state index is 12.9. The molecule has 2 N–H and O–H groups in total. The van der Waals surface area contributed by atoms with Gasteiger partial charge in [0.25, 0.3) is 0 Å². The van der Waals surface area contributed by atoms with Crippen molar-refractivity contribution in [1.82, 2.24) is 9.97 Å². The first-order chi connectivity index (χ1) is 10.5. The Kier molecular flexibility index (Phi) is 5.69. The van der Waals surface area contributed by atoms with Gasteiger partial charge in [-0.3, -0.25) is 0 Å². The molecule has 0 fully saturated rings. The Hall–Kier alpha value is -2.17. The SMILES string of the molecule is Cc1nc(NCCC(C)C)cc(NCc2ccc(F)cc2)n1. The Morgan fingerprint density at radius 2 is 1.68 bits per heavy atom. The maximum Gasteiger partial charge on any atom is 0.132 e. The molecule has 0 spiro atoms. The van der Waals surface area contributed by atoms with Crippen molar-refractivity contribution in [2.75, 3.05) is 17.2 Å². The number of nitrogens with one attached hydrogen (secondary N) is 2. The van der Waals surface area contributed by atoms with Crippen LogP contribution < -0.4 is 10.6 Å². The summed E-state index contributed by atoms with van der Waals surface area (Å²) in [4.78, 5) is 8.76. The number of benzene rings is 1. The number of hydrogen-bond donors (Lipinski definition) is 2. The van der Waals surface area contributed by atoms with Gasteiger partial charge in [0.2, 0.25) is 0 Å². The molecule has 2 rings (SSSR count). The van der Waals surface area contributed by atoms with E-state index in [1.165, 1.54) is 12.1 Å². The summed E-state index contributed by atoms with van der Waals surface area (Å²) in [6.07, 6.45) is 1.10. The molecule has 22 heavy (non-hydrogen) atoms. The van der Waals surface area contributed by atoms with E-state index in [9.17, 15) is 4.39 Å². The average Bonchev–Trinajstić information content (AvgIpc) is 2.46. The minimum atomic E-state index is -0.224. The molecule has 0 atom stereocenters. The van der Waals surface area contributed by atoms with E-state index < -0.39 is 0 Å². The first-order valence-electron chi connectivity index (χ1n) is 7.61. The summed E-state index contributed by atoms with van der Waals surface area (Å²) in [6, 6.07) is 8.34. The van der Waals surface area contributed by atoms with Crippen LogP contribution in [0.1, 0.15) is 31.7 Å². The highest BCUT2D eigenvalue weighted by Gasteiger charge is 2.03. The van der Waals surface area contributed by atoms with Crippen LogP contribution in [0.15, 0.2) is 30.3 Å². The first-order valence-corrected chi connectivity index (χ1v) is 7.61. The van der Waals surface area contributed by atoms with Gasteiger partial charge in [-0.2, -0.15) is 0 Å². The van der Waals surface area contributed by atoms with Crippen LogP contribution in [0.25, 0.3) is 0 Å². The van der Waals surface area contributed by atoms with Gasteiger partial charge in [-0.05, 0) is 37.0 Å². The molecule has 1 aromatic heterocycles. The van der Waals surface area contributed by atoms with Crippen molar-refractivity contribution >= 4 is 11.6 Å². The molecule has 1 heterocycles. The molecule has 1 aromatic carbocycles. The predicted octanol–water partition coefficient (Wildman–Crippen LogP) is 3.99. The standard InChI is InChI=1S/C17H23FN4/c1-12(2)8-9-19-16-10-17(22-13(3)21-16)20-11-14-4-6-15(18)7-5-14/h4-7,10,12H,8-9,11H2,1-3H3,(H2,19,20,21,22). The molecule has 2 aromatic rings. The molecule has 0 radical (unpaired) electrons. The molecule has 0 aliphatic carbocycles. The number of nitrogens with zero attached hydrogens (tertiary/aromatic N) is 2. The Bertz CT molecular complexity index is 596. The van der Waals surface area contributed by atoms with E-state index in [4.69, 9.17) is 0 Å². The second-order valence-corrected chi connectivity index (χ2v) is 5.77. The van der Waals surface area contributed by atoms with Crippen LogP contribution in [0.3, 0.4) is 0 Å². The van der Waals surface area contributed by atoms with Gasteiger partial charge in [0, 0.05) is 19.2 Å². The Balaban J connectivity index is 1.95. The van der Waals surface area contributed by atoms with Crippen LogP contribution >= 0.6 is 0 Å². The number of anilines is 2. The van der Waals surface area contributed by atoms with Gasteiger partial charge in [0.05, 0.1) is 0 Å². The summed E-state index contributed by atoms with van der Waals surface area (Å²) < 4.78 is 12.9. The molecular weight excluding hydrogens is 279 g/mol. The Morgan fingerprint density at radius 3 is 2.32 bits per heavy atom. The fraction of sp³-hybridized carbons (Fsp3) is 0.412. The minimum Gasteiger partial charge on any atom is -0.370 e. The minimum absolute atomic E-state index is 0.224. The van der Waals surface area contributed by atoms with Gasteiger partial charge in [-0.25, -0.2) is 14.4 Å². The van der Waals surface area contributed by atoms with Gasteiger partial charge in [-0.15, -0.1) is 0 Å². The van der Waals surface area contributed by atoms with Crippen molar-refractivity contribution in [1.29, 1.82) is 0 Å². The summed E-state index contributed by atoms with van der Waals surface area (Å²) in [6.45, 7) is 7.76. The number of hydrogen-bond acceptors (Lipinski definition) is 4. The van der Waals surface area contributed by atoms with Crippen LogP contribution in [0, 0.1) is 18.7 Å². The molecular formula is C17H23FN4. The van der Waals surface area contributed by atoms with Crippen LogP contribution in [-0.4, -0.2) is 16.5 Å². The lowest BCUT2D eigenvalue weighted by Crippen LogP contribution is -2.09. The fourth-order valence-electron chi connectivity index (χ4n) is 2.03. The molecule has 0 aliphatic heterocycles. The zero-order valence-electron chi connectivity index (χ0n) is 13.4. The zero-order chi connectivity index (χ0) is 15.9. The van der Waals surface area contributed by atoms with E-state index >= 15 is 0 Å². The van der Waals surface area contributed by atoms with Crippen molar-refractivity contribution < 1.29 is 4.39 Å². The fourth-order valence-corrected chi connectivity index (χ4v) is 2.03. The topological polar surface area (TPSA) is 49.8 Å². The highest BCUT2D eigenvalue weighted by atomic mass is 19.1. The van der Waals surface area contributed by atoms with Crippen LogP contribution in [0.5, 0.6) is 0 Å². The van der Waals surface area contributed by atoms with Gasteiger partial charge in [0.1, 0.15) is 23.3 Å². The highest BCUT2D eigenvalue weighted by molar-refractivity contribution is 5.47. The van der Waals surface area contributed by atoms with E-state index in [2.05, 4.69) is 34.4 Å². The van der Waals surface area contributed by atoms with Crippen molar-refractivity contribution in [3.05, 3.63) is 47.5 Å². The molecule has 0 saturated carbocycles. The highest BCUT2D eigenvalue weighted by Crippen LogP contribution is 2.13. The molecule has 0 aliphatic rings. The van der Waals surface area contributed by atoms with Gasteiger partial charge in [0.15, 0.2) is 0 Å². The first kappa shape index (κ1) is 16.2. The largest absolute Gasteiger partial charge is 0.370 e. The molecule has 0 amide bonds. The van der Waals surface area contributed by atoms with Crippen molar-refractivity contribution in [3.63, 3.8) is 0 Å². The van der Waals surface area contributed by atoms with Crippen LogP contribution in [0.2, 0.25) is 0 Å². The second kappa shape index (κ2) is 7.73. The lowest BCUT2D eigenvalue weighted by atomic mass is 10.1. The normalized spacial score (nSPS) is 10.8. The molecule has 4 nitrogen and oxygen atoms in total. The quantitative estimate of drug-likeness (QED) is 0.812. The van der Waals surface area contributed by atoms with Gasteiger partial charge in [-0.1, -0.05) is 26.0 Å². The lowest BCUT2D eigenvalue weighted by molar-refractivity contribution is 0.606. The molecule has 5 heteroatoms. The summed E-state index contributed by atoms with van der Waals surface area (Å²) in [7, 11) is 0. The third kappa shape index (κ3) is 5.31. The van der Waals surface area contributed by atoms with E-state index in [0.717, 1.165) is 36.0 Å². The van der Waals surface area contributed by atoms with E-state index in [1.807, 2.05) is 13.0 Å². The maximum absolute atomic E-state index is 12.9. The van der Waals surface area contributed by atoms with Gasteiger partial charge >= 0.3 is 0 Å². The molecule has 0 bridgehead atoms. The zero-order valence-corrected chi connectivity index (χ0v) is 13.4. The summed E-state index contributed by atoms with van der Waals surface area (Å²) >= 11 is 0. The molecule has 118 valence electrons. The predicted molar refractivity (Wildman–Crippen MR) is 88.4 cm³/mol. The van der Waals surface area contributed by atoms with Crippen LogP contribution in [-0.2, 0) is 6.54 Å². The van der Waals surface area contributed by atoms with Gasteiger partial charge < -0.3 is 10.6 Å². The van der Waals surface area contributed by atoms with Crippen molar-refractivity contribution in [3.8, 4) is 0 Å². The molecule has 0 unspecified atom stereocenters. The summed E-state index contributed by atoms with van der Waals surface area (Å²) in [5.41, 5.74) is 1.01. The molecule has 0 saturated heterocycles. The lowest BCUT2D eigenvalue weighted by Gasteiger charge is -2.11. The summed E-state index contributed by atoms with van der Waals surface area (Å²) in [5.74, 6) is 2.75. The summed E-state index contributed by atoms with van der Waals surface area (Å²) in [5, 5.41) is 6.57. The van der Waals surface area contributed by atoms with E-state index in [1.54, 1.807) is 12.1 Å². The third-order valence-corrected chi connectivity index (χ3v) is 3.25. The smallest absolute Gasteiger partial charge is 0.132 e. The average molecular weight is 302 g/mol. The monoisotopic (exact) mass is 302 g/mol. The van der Waals surface area contributed by atoms with Crippen LogP contribution in [0.4, 0.5) is 16.0 Å². The number of rotatable bonds is 7. The second-order valence-electron chi connectivity index (χ2n) is 5.77. The van der Waals surface area contributed by atoms with E-state index in [-0.39, 0.29) is 5.82 Å². The number of aryl methyl sites for hydroxylation is 1. The van der Waals surface area contributed by atoms with Crippen molar-refractivity contribution in [2.24, 2.45) is 5.92 Å². The Morgan fingerprint density at radius 1 is 1.05 bits per heavy atom. The third-order valence-electron chi connectivity index (χ3n) is 3.25.